The summed E-state index contributed by atoms with van der Waals surface area (Å²) in [6, 6.07) is 9.18. The maximum atomic E-state index is 6.09. The van der Waals surface area contributed by atoms with E-state index in [-0.39, 0.29) is 0 Å². The molecule has 1 nitrogen and oxygen atoms in total. The van der Waals surface area contributed by atoms with E-state index >= 15 is 0 Å². The van der Waals surface area contributed by atoms with Crippen molar-refractivity contribution >= 4 is 0 Å². The standard InChI is InChI=1S/C19H28O/c1-14-3-6-16(7-4-14)17-8-10-18(11-9-17)19-12-5-15(2)13-20-19/h3-4,6-7,15,17-19H,5,8-13H2,1-2H3. The third kappa shape index (κ3) is 3.25. The van der Waals surface area contributed by atoms with E-state index in [9.17, 15) is 0 Å². The van der Waals surface area contributed by atoms with Gasteiger partial charge in [0.25, 0.3) is 0 Å². The Morgan fingerprint density at radius 2 is 1.60 bits per heavy atom. The summed E-state index contributed by atoms with van der Waals surface area (Å²) >= 11 is 0. The Morgan fingerprint density at radius 3 is 2.20 bits per heavy atom. The number of ether oxygens (including phenoxy) is 1. The molecule has 2 atom stereocenters. The van der Waals surface area contributed by atoms with Crippen LogP contribution in [-0.2, 0) is 4.74 Å². The molecule has 2 unspecified atom stereocenters. The van der Waals surface area contributed by atoms with Crippen LogP contribution in [0.1, 0.15) is 62.5 Å². The number of rotatable bonds is 2. The predicted molar refractivity (Wildman–Crippen MR) is 84.0 cm³/mol. The number of hydrogen-bond donors (Lipinski definition) is 0. The second-order valence-corrected chi connectivity index (χ2v) is 7.08. The summed E-state index contributed by atoms with van der Waals surface area (Å²) in [5, 5.41) is 0. The molecule has 1 saturated carbocycles. The van der Waals surface area contributed by atoms with E-state index in [1.807, 2.05) is 0 Å². The van der Waals surface area contributed by atoms with Gasteiger partial charge in [0.2, 0.25) is 0 Å². The molecule has 1 aliphatic carbocycles. The van der Waals surface area contributed by atoms with Gasteiger partial charge < -0.3 is 4.74 Å². The highest BCUT2D eigenvalue weighted by molar-refractivity contribution is 5.24. The normalized spacial score (nSPS) is 34.9. The van der Waals surface area contributed by atoms with Crippen LogP contribution in [0, 0.1) is 18.8 Å². The van der Waals surface area contributed by atoms with Crippen molar-refractivity contribution in [3.63, 3.8) is 0 Å². The Kier molecular flexibility index (Phi) is 4.45. The summed E-state index contributed by atoms with van der Waals surface area (Å²) < 4.78 is 6.09. The molecule has 0 aromatic heterocycles. The van der Waals surface area contributed by atoms with E-state index in [2.05, 4.69) is 38.1 Å². The van der Waals surface area contributed by atoms with Gasteiger partial charge in [0.1, 0.15) is 0 Å². The summed E-state index contributed by atoms with van der Waals surface area (Å²) in [5.74, 6) is 2.38. The van der Waals surface area contributed by atoms with Gasteiger partial charge in [-0.05, 0) is 68.8 Å². The maximum absolute atomic E-state index is 6.09. The van der Waals surface area contributed by atoms with Crippen molar-refractivity contribution in [1.82, 2.24) is 0 Å². The van der Waals surface area contributed by atoms with Crippen LogP contribution >= 0.6 is 0 Å². The SMILES string of the molecule is Cc1ccc(C2CCC(C3CCC(C)CO3)CC2)cc1. The van der Waals surface area contributed by atoms with E-state index in [1.165, 1.54) is 44.1 Å². The van der Waals surface area contributed by atoms with Gasteiger partial charge in [-0.25, -0.2) is 0 Å². The Balaban J connectivity index is 1.53. The molecule has 3 rings (SSSR count). The minimum Gasteiger partial charge on any atom is -0.378 e. The average Bonchev–Trinajstić information content (AvgIpc) is 2.49. The van der Waals surface area contributed by atoms with Gasteiger partial charge in [-0.3, -0.25) is 0 Å². The lowest BCUT2D eigenvalue weighted by Crippen LogP contribution is -2.33. The lowest BCUT2D eigenvalue weighted by molar-refractivity contribution is -0.0523. The highest BCUT2D eigenvalue weighted by Gasteiger charge is 2.31. The molecule has 2 fully saturated rings. The first-order chi connectivity index (χ1) is 9.72. The third-order valence-corrected chi connectivity index (χ3v) is 5.39. The molecule has 1 heteroatoms. The summed E-state index contributed by atoms with van der Waals surface area (Å²) in [5.41, 5.74) is 2.92. The van der Waals surface area contributed by atoms with Crippen LogP contribution in [0.15, 0.2) is 24.3 Å². The fourth-order valence-corrected chi connectivity index (χ4v) is 3.94. The Bertz CT molecular complexity index is 406. The Hall–Kier alpha value is -0.820. The summed E-state index contributed by atoms with van der Waals surface area (Å²) in [4.78, 5) is 0. The molecule has 0 bridgehead atoms. The predicted octanol–water partition coefficient (Wildman–Crippen LogP) is 5.08. The van der Waals surface area contributed by atoms with E-state index in [4.69, 9.17) is 4.74 Å². The average molecular weight is 272 g/mol. The second-order valence-electron chi connectivity index (χ2n) is 7.08. The van der Waals surface area contributed by atoms with Crippen LogP contribution in [0.3, 0.4) is 0 Å². The number of aryl methyl sites for hydroxylation is 1. The summed E-state index contributed by atoms with van der Waals surface area (Å²) in [6.45, 7) is 5.47. The first-order valence-electron chi connectivity index (χ1n) is 8.40. The van der Waals surface area contributed by atoms with Gasteiger partial charge in [0.05, 0.1) is 6.10 Å². The van der Waals surface area contributed by atoms with Crippen molar-refractivity contribution in [2.75, 3.05) is 6.61 Å². The molecule has 2 aliphatic rings. The fourth-order valence-electron chi connectivity index (χ4n) is 3.94. The van der Waals surface area contributed by atoms with Crippen LogP contribution in [0.2, 0.25) is 0 Å². The smallest absolute Gasteiger partial charge is 0.0603 e. The van der Waals surface area contributed by atoms with E-state index < -0.39 is 0 Å². The largest absolute Gasteiger partial charge is 0.378 e. The van der Waals surface area contributed by atoms with Crippen molar-refractivity contribution in [3.05, 3.63) is 35.4 Å². The maximum Gasteiger partial charge on any atom is 0.0603 e. The molecule has 0 N–H and O–H groups in total. The van der Waals surface area contributed by atoms with Crippen molar-refractivity contribution in [2.24, 2.45) is 11.8 Å². The van der Waals surface area contributed by atoms with Crippen LogP contribution in [0.4, 0.5) is 0 Å². The van der Waals surface area contributed by atoms with Gasteiger partial charge in [-0.1, -0.05) is 36.8 Å². The van der Waals surface area contributed by atoms with E-state index in [0.29, 0.717) is 6.10 Å². The monoisotopic (exact) mass is 272 g/mol. The van der Waals surface area contributed by atoms with Crippen molar-refractivity contribution in [3.8, 4) is 0 Å². The van der Waals surface area contributed by atoms with Crippen LogP contribution in [0.5, 0.6) is 0 Å². The molecular formula is C19H28O. The topological polar surface area (TPSA) is 9.23 Å². The van der Waals surface area contributed by atoms with Crippen molar-refractivity contribution < 1.29 is 4.74 Å². The lowest BCUT2D eigenvalue weighted by atomic mass is 9.75. The molecule has 0 radical (unpaired) electrons. The summed E-state index contributed by atoms with van der Waals surface area (Å²) in [6.07, 6.45) is 8.63. The minimum absolute atomic E-state index is 0.560. The Morgan fingerprint density at radius 1 is 0.900 bits per heavy atom. The molecule has 110 valence electrons. The molecule has 20 heavy (non-hydrogen) atoms. The quantitative estimate of drug-likeness (QED) is 0.729. The minimum atomic E-state index is 0.560. The molecular weight excluding hydrogens is 244 g/mol. The highest BCUT2D eigenvalue weighted by atomic mass is 16.5. The van der Waals surface area contributed by atoms with Crippen LogP contribution in [-0.4, -0.2) is 12.7 Å². The van der Waals surface area contributed by atoms with E-state index in [1.54, 1.807) is 5.56 Å². The van der Waals surface area contributed by atoms with Crippen LogP contribution < -0.4 is 0 Å². The van der Waals surface area contributed by atoms with Gasteiger partial charge in [0, 0.05) is 6.61 Å². The summed E-state index contributed by atoms with van der Waals surface area (Å²) in [7, 11) is 0. The first kappa shape index (κ1) is 14.1. The third-order valence-electron chi connectivity index (χ3n) is 5.39. The van der Waals surface area contributed by atoms with Crippen molar-refractivity contribution in [2.45, 2.75) is 64.4 Å². The van der Waals surface area contributed by atoms with Gasteiger partial charge >= 0.3 is 0 Å². The van der Waals surface area contributed by atoms with Gasteiger partial charge in [0.15, 0.2) is 0 Å². The number of hydrogen-bond acceptors (Lipinski definition) is 1. The molecule has 1 aliphatic heterocycles. The first-order valence-corrected chi connectivity index (χ1v) is 8.40. The zero-order valence-corrected chi connectivity index (χ0v) is 13.0. The molecule has 1 saturated heterocycles. The fraction of sp³-hybridized carbons (Fsp3) is 0.684. The second kappa shape index (κ2) is 6.30. The van der Waals surface area contributed by atoms with E-state index in [0.717, 1.165) is 24.4 Å². The Labute approximate surface area is 123 Å². The molecule has 0 spiro atoms. The number of benzene rings is 1. The van der Waals surface area contributed by atoms with Gasteiger partial charge in [-0.15, -0.1) is 0 Å². The highest BCUT2D eigenvalue weighted by Crippen LogP contribution is 2.39. The molecule has 1 aromatic rings. The van der Waals surface area contributed by atoms with Crippen molar-refractivity contribution in [1.29, 1.82) is 0 Å². The molecule has 1 heterocycles. The van der Waals surface area contributed by atoms with Gasteiger partial charge in [-0.2, -0.15) is 0 Å². The molecule has 0 amide bonds. The lowest BCUT2D eigenvalue weighted by Gasteiger charge is -2.37. The van der Waals surface area contributed by atoms with Crippen LogP contribution in [0.25, 0.3) is 0 Å². The zero-order chi connectivity index (χ0) is 13.9. The zero-order valence-electron chi connectivity index (χ0n) is 13.0. The molecule has 1 aromatic carbocycles.